The van der Waals surface area contributed by atoms with Crippen molar-refractivity contribution in [1.82, 2.24) is 24.4 Å². The quantitative estimate of drug-likeness (QED) is 0.509. The van der Waals surface area contributed by atoms with Crippen LogP contribution >= 0.6 is 11.3 Å². The molecule has 0 aliphatic heterocycles. The molecule has 0 fully saturated rings. The van der Waals surface area contributed by atoms with E-state index in [9.17, 15) is 9.90 Å². The fourth-order valence-corrected chi connectivity index (χ4v) is 4.11. The standard InChI is InChI=1S/C20H22N6O2S/c1-4-16-18(25-11-21-9-17(25)29-16)19(27)15-10-26(24-23-15)14-7-5-13(6-8-14)22-20(28)12(2)3/h5-12,19,27H,4H2,1-3H3,(H,22,28). The molecule has 29 heavy (non-hydrogen) atoms. The molecule has 3 heterocycles. The van der Waals surface area contributed by atoms with Crippen molar-refractivity contribution >= 4 is 27.8 Å². The van der Waals surface area contributed by atoms with Crippen molar-refractivity contribution < 1.29 is 9.90 Å². The van der Waals surface area contributed by atoms with E-state index in [0.29, 0.717) is 5.69 Å². The van der Waals surface area contributed by atoms with Crippen LogP contribution in [0.25, 0.3) is 10.5 Å². The number of thiazole rings is 1. The number of aromatic nitrogens is 5. The average molecular weight is 411 g/mol. The Labute approximate surface area is 171 Å². The fraction of sp³-hybridized carbons (Fsp3) is 0.300. The molecule has 0 saturated heterocycles. The van der Waals surface area contributed by atoms with Crippen molar-refractivity contribution in [2.24, 2.45) is 5.92 Å². The van der Waals surface area contributed by atoms with Crippen LogP contribution in [0, 0.1) is 5.92 Å². The van der Waals surface area contributed by atoms with E-state index in [4.69, 9.17) is 0 Å². The summed E-state index contributed by atoms with van der Waals surface area (Å²) >= 11 is 1.62. The smallest absolute Gasteiger partial charge is 0.226 e. The lowest BCUT2D eigenvalue weighted by Crippen LogP contribution is -2.17. The second-order valence-electron chi connectivity index (χ2n) is 7.05. The van der Waals surface area contributed by atoms with Crippen LogP contribution in [0.15, 0.2) is 43.0 Å². The van der Waals surface area contributed by atoms with Crippen LogP contribution in [0.2, 0.25) is 0 Å². The van der Waals surface area contributed by atoms with Crippen molar-refractivity contribution in [2.75, 3.05) is 5.32 Å². The van der Waals surface area contributed by atoms with E-state index in [1.165, 1.54) is 0 Å². The Bertz CT molecular complexity index is 1140. The third kappa shape index (κ3) is 3.66. The normalized spacial score (nSPS) is 12.6. The maximum absolute atomic E-state index is 11.8. The number of carbonyl (C=O) groups is 1. The number of amides is 1. The van der Waals surface area contributed by atoms with Gasteiger partial charge in [-0.2, -0.15) is 0 Å². The van der Waals surface area contributed by atoms with E-state index in [0.717, 1.165) is 33.2 Å². The molecule has 150 valence electrons. The lowest BCUT2D eigenvalue weighted by atomic mass is 10.1. The summed E-state index contributed by atoms with van der Waals surface area (Å²) in [5.74, 6) is -0.113. The summed E-state index contributed by atoms with van der Waals surface area (Å²) in [5, 5.41) is 22.1. The van der Waals surface area contributed by atoms with E-state index in [1.807, 2.05) is 42.5 Å². The molecule has 1 aromatic carbocycles. The highest BCUT2D eigenvalue weighted by Gasteiger charge is 2.23. The highest BCUT2D eigenvalue weighted by Crippen LogP contribution is 2.31. The van der Waals surface area contributed by atoms with Gasteiger partial charge in [0.15, 0.2) is 0 Å². The second-order valence-corrected chi connectivity index (χ2v) is 8.16. The van der Waals surface area contributed by atoms with Gasteiger partial charge in [-0.05, 0) is 30.7 Å². The Balaban J connectivity index is 1.58. The van der Waals surface area contributed by atoms with Crippen LogP contribution in [0.5, 0.6) is 0 Å². The first-order chi connectivity index (χ1) is 14.0. The Morgan fingerprint density at radius 1 is 1.28 bits per heavy atom. The third-order valence-corrected chi connectivity index (χ3v) is 5.93. The summed E-state index contributed by atoms with van der Waals surface area (Å²) in [4.78, 5) is 18.0. The molecule has 0 spiro atoms. The average Bonchev–Trinajstić information content (AvgIpc) is 3.43. The number of imidazole rings is 1. The van der Waals surface area contributed by atoms with E-state index in [1.54, 1.807) is 34.7 Å². The number of rotatable bonds is 6. The molecular weight excluding hydrogens is 388 g/mol. The molecule has 1 amide bonds. The fourth-order valence-electron chi connectivity index (χ4n) is 3.04. The van der Waals surface area contributed by atoms with Crippen molar-refractivity contribution in [3.05, 3.63) is 59.3 Å². The van der Waals surface area contributed by atoms with Gasteiger partial charge in [-0.25, -0.2) is 9.67 Å². The van der Waals surface area contributed by atoms with Gasteiger partial charge in [-0.1, -0.05) is 26.0 Å². The number of benzene rings is 1. The minimum Gasteiger partial charge on any atom is -0.380 e. The van der Waals surface area contributed by atoms with Gasteiger partial charge < -0.3 is 10.4 Å². The minimum atomic E-state index is -0.897. The van der Waals surface area contributed by atoms with E-state index in [2.05, 4.69) is 27.5 Å². The summed E-state index contributed by atoms with van der Waals surface area (Å²) in [6.45, 7) is 5.76. The van der Waals surface area contributed by atoms with E-state index in [-0.39, 0.29) is 11.8 Å². The molecule has 1 unspecified atom stereocenters. The summed E-state index contributed by atoms with van der Waals surface area (Å²) in [6, 6.07) is 7.32. The number of fused-ring (bicyclic) bond motifs is 1. The summed E-state index contributed by atoms with van der Waals surface area (Å²) in [6.07, 6.45) is 5.13. The number of anilines is 1. The number of aliphatic hydroxyl groups excluding tert-OH is 1. The summed E-state index contributed by atoms with van der Waals surface area (Å²) in [7, 11) is 0. The number of nitrogens with zero attached hydrogens (tertiary/aromatic N) is 5. The Morgan fingerprint density at radius 3 is 2.72 bits per heavy atom. The molecule has 9 heteroatoms. The number of hydrogen-bond acceptors (Lipinski definition) is 6. The highest BCUT2D eigenvalue weighted by molar-refractivity contribution is 7.17. The van der Waals surface area contributed by atoms with Gasteiger partial charge >= 0.3 is 0 Å². The maximum Gasteiger partial charge on any atom is 0.226 e. The van der Waals surface area contributed by atoms with Gasteiger partial charge in [0.2, 0.25) is 5.91 Å². The largest absolute Gasteiger partial charge is 0.380 e. The number of hydrogen-bond donors (Lipinski definition) is 2. The van der Waals surface area contributed by atoms with Gasteiger partial charge in [0.05, 0.1) is 23.8 Å². The molecule has 3 aromatic heterocycles. The lowest BCUT2D eigenvalue weighted by Gasteiger charge is -2.09. The minimum absolute atomic E-state index is 0.0303. The zero-order valence-corrected chi connectivity index (χ0v) is 17.2. The van der Waals surface area contributed by atoms with Crippen LogP contribution in [0.4, 0.5) is 5.69 Å². The Morgan fingerprint density at radius 2 is 2.03 bits per heavy atom. The zero-order chi connectivity index (χ0) is 20.5. The molecule has 4 aromatic rings. The van der Waals surface area contributed by atoms with Gasteiger partial charge in [-0.15, -0.1) is 16.4 Å². The maximum atomic E-state index is 11.8. The van der Waals surface area contributed by atoms with Crippen LogP contribution in [0.3, 0.4) is 0 Å². The first-order valence-electron chi connectivity index (χ1n) is 9.43. The lowest BCUT2D eigenvalue weighted by molar-refractivity contribution is -0.118. The van der Waals surface area contributed by atoms with Crippen molar-refractivity contribution in [3.8, 4) is 5.69 Å². The van der Waals surface area contributed by atoms with Crippen LogP contribution in [-0.2, 0) is 11.2 Å². The predicted molar refractivity (Wildman–Crippen MR) is 111 cm³/mol. The van der Waals surface area contributed by atoms with E-state index < -0.39 is 6.10 Å². The van der Waals surface area contributed by atoms with Gasteiger partial charge in [0.25, 0.3) is 0 Å². The first kappa shape index (κ1) is 19.3. The molecule has 0 aliphatic carbocycles. The third-order valence-electron chi connectivity index (χ3n) is 4.67. The number of carbonyl (C=O) groups excluding carboxylic acids is 1. The topological polar surface area (TPSA) is 97.3 Å². The molecule has 2 N–H and O–H groups in total. The summed E-state index contributed by atoms with van der Waals surface area (Å²) < 4.78 is 3.51. The van der Waals surface area contributed by atoms with Gasteiger partial charge in [-0.3, -0.25) is 9.20 Å². The van der Waals surface area contributed by atoms with Crippen LogP contribution in [-0.4, -0.2) is 35.4 Å². The van der Waals surface area contributed by atoms with Gasteiger partial charge in [0, 0.05) is 16.5 Å². The monoisotopic (exact) mass is 410 g/mol. The second kappa shape index (κ2) is 7.76. The molecule has 0 saturated carbocycles. The molecular formula is C20H22N6O2S. The van der Waals surface area contributed by atoms with Crippen molar-refractivity contribution in [1.29, 1.82) is 0 Å². The SMILES string of the molecule is CCc1sc2cncn2c1C(O)c1cn(-c2ccc(NC(=O)C(C)C)cc2)nn1. The number of nitrogens with one attached hydrogen (secondary N) is 1. The Hall–Kier alpha value is -3.04. The molecule has 0 bridgehead atoms. The van der Waals surface area contributed by atoms with Crippen molar-refractivity contribution in [2.45, 2.75) is 33.3 Å². The van der Waals surface area contributed by atoms with Gasteiger partial charge in [0.1, 0.15) is 23.0 Å². The molecule has 1 atom stereocenters. The Kier molecular flexibility index (Phi) is 5.16. The molecule has 8 nitrogen and oxygen atoms in total. The van der Waals surface area contributed by atoms with Crippen LogP contribution < -0.4 is 5.32 Å². The molecule has 0 radical (unpaired) electrons. The highest BCUT2D eigenvalue weighted by atomic mass is 32.1. The predicted octanol–water partition coefficient (Wildman–Crippen LogP) is 3.22. The zero-order valence-electron chi connectivity index (χ0n) is 16.4. The van der Waals surface area contributed by atoms with Crippen molar-refractivity contribution in [3.63, 3.8) is 0 Å². The first-order valence-corrected chi connectivity index (χ1v) is 10.2. The van der Waals surface area contributed by atoms with E-state index >= 15 is 0 Å². The number of aliphatic hydroxyl groups is 1. The van der Waals surface area contributed by atoms with Crippen LogP contribution in [0.1, 0.15) is 43.1 Å². The molecule has 0 aliphatic rings. The molecule has 4 rings (SSSR count). The number of aryl methyl sites for hydroxylation is 1. The summed E-state index contributed by atoms with van der Waals surface area (Å²) in [5.41, 5.74) is 2.75.